The molecule has 2 heterocycles. The molecule has 4 nitrogen and oxygen atoms in total. The summed E-state index contributed by atoms with van der Waals surface area (Å²) in [5.74, 6) is 0.870. The number of rotatable bonds is 6. The van der Waals surface area contributed by atoms with Crippen molar-refractivity contribution in [3.8, 4) is 16.9 Å². The van der Waals surface area contributed by atoms with E-state index in [1.54, 1.807) is 6.20 Å². The van der Waals surface area contributed by atoms with Crippen LogP contribution in [0.15, 0.2) is 91.5 Å². The minimum absolute atomic E-state index is 0.577. The normalized spacial score (nSPS) is 10.6. The minimum atomic E-state index is 0.577. The zero-order valence-electron chi connectivity index (χ0n) is 14.3. The molecule has 0 aliphatic carbocycles. The number of aromatic nitrogens is 3. The van der Waals surface area contributed by atoms with Gasteiger partial charge in [0.15, 0.2) is 0 Å². The number of ether oxygens (including phenoxy) is 1. The van der Waals surface area contributed by atoms with E-state index in [4.69, 9.17) is 4.74 Å². The highest BCUT2D eigenvalue weighted by Crippen LogP contribution is 2.18. The van der Waals surface area contributed by atoms with Crippen molar-refractivity contribution < 1.29 is 4.74 Å². The maximum atomic E-state index is 5.83. The Morgan fingerprint density at radius 1 is 0.769 bits per heavy atom. The Kier molecular flexibility index (Phi) is 4.74. The molecule has 0 unspecified atom stereocenters. The Hall–Kier alpha value is -3.40. The Morgan fingerprint density at radius 2 is 1.62 bits per heavy atom. The number of nitrogens with zero attached hydrogens (tertiary/aromatic N) is 3. The molecule has 0 saturated carbocycles. The van der Waals surface area contributed by atoms with Gasteiger partial charge < -0.3 is 4.74 Å². The number of benzene rings is 2. The van der Waals surface area contributed by atoms with Crippen LogP contribution in [0, 0.1) is 0 Å². The van der Waals surface area contributed by atoms with Gasteiger partial charge in [0.1, 0.15) is 12.4 Å². The van der Waals surface area contributed by atoms with Crippen molar-refractivity contribution in [3.63, 3.8) is 0 Å². The molecule has 128 valence electrons. The Bertz CT molecular complexity index is 948. The summed E-state index contributed by atoms with van der Waals surface area (Å²) in [6.07, 6.45) is 7.53. The van der Waals surface area contributed by atoms with Crippen molar-refractivity contribution in [2.45, 2.75) is 13.2 Å². The van der Waals surface area contributed by atoms with Crippen molar-refractivity contribution in [1.82, 2.24) is 14.8 Å². The molecule has 2 aromatic carbocycles. The van der Waals surface area contributed by atoms with Crippen molar-refractivity contribution in [1.29, 1.82) is 0 Å². The van der Waals surface area contributed by atoms with Crippen LogP contribution in [-0.2, 0) is 13.2 Å². The smallest absolute Gasteiger partial charge is 0.119 e. The van der Waals surface area contributed by atoms with Crippen LogP contribution < -0.4 is 4.74 Å². The van der Waals surface area contributed by atoms with Crippen LogP contribution in [0.5, 0.6) is 5.75 Å². The molecule has 0 N–H and O–H groups in total. The van der Waals surface area contributed by atoms with Crippen LogP contribution in [0.3, 0.4) is 0 Å². The SMILES string of the molecule is c1ccc(COc2ccc(Cn3cc(-c4cccnc4)cn3)cc2)cc1. The molecule has 0 aliphatic rings. The van der Waals surface area contributed by atoms with Crippen molar-refractivity contribution in [3.05, 3.63) is 103 Å². The van der Waals surface area contributed by atoms with Crippen LogP contribution in [0.4, 0.5) is 0 Å². The highest BCUT2D eigenvalue weighted by atomic mass is 16.5. The number of pyridine rings is 1. The van der Waals surface area contributed by atoms with Crippen LogP contribution in [0.2, 0.25) is 0 Å². The third-order valence-corrected chi connectivity index (χ3v) is 4.14. The van der Waals surface area contributed by atoms with Gasteiger partial charge in [0.05, 0.1) is 12.7 Å². The standard InChI is InChI=1S/C22H19N3O/c1-2-5-19(6-3-1)17-26-22-10-8-18(9-11-22)15-25-16-21(14-24-25)20-7-4-12-23-13-20/h1-14,16H,15,17H2. The second kappa shape index (κ2) is 7.66. The largest absolute Gasteiger partial charge is 0.489 e. The van der Waals surface area contributed by atoms with E-state index in [0.717, 1.165) is 29.0 Å². The molecule has 2 aromatic heterocycles. The lowest BCUT2D eigenvalue weighted by atomic mass is 10.2. The Labute approximate surface area is 152 Å². The zero-order valence-corrected chi connectivity index (χ0v) is 14.3. The van der Waals surface area contributed by atoms with E-state index in [9.17, 15) is 0 Å². The molecule has 26 heavy (non-hydrogen) atoms. The molecule has 0 radical (unpaired) electrons. The maximum absolute atomic E-state index is 5.83. The molecular weight excluding hydrogens is 322 g/mol. The average molecular weight is 341 g/mol. The van der Waals surface area contributed by atoms with Gasteiger partial charge in [-0.05, 0) is 29.3 Å². The molecule has 0 bridgehead atoms. The molecule has 0 saturated heterocycles. The summed E-state index contributed by atoms with van der Waals surface area (Å²) in [4.78, 5) is 4.15. The van der Waals surface area contributed by atoms with Gasteiger partial charge in [-0.3, -0.25) is 9.67 Å². The van der Waals surface area contributed by atoms with E-state index in [1.165, 1.54) is 5.56 Å². The van der Waals surface area contributed by atoms with E-state index in [1.807, 2.05) is 65.7 Å². The summed E-state index contributed by atoms with van der Waals surface area (Å²) < 4.78 is 7.76. The predicted molar refractivity (Wildman–Crippen MR) is 102 cm³/mol. The summed E-state index contributed by atoms with van der Waals surface area (Å²) in [6, 6.07) is 22.3. The van der Waals surface area contributed by atoms with E-state index in [-0.39, 0.29) is 0 Å². The second-order valence-corrected chi connectivity index (χ2v) is 6.09. The van der Waals surface area contributed by atoms with Gasteiger partial charge in [0.25, 0.3) is 0 Å². The first-order valence-corrected chi connectivity index (χ1v) is 8.55. The fourth-order valence-electron chi connectivity index (χ4n) is 2.75. The second-order valence-electron chi connectivity index (χ2n) is 6.09. The number of hydrogen-bond donors (Lipinski definition) is 0. The van der Waals surface area contributed by atoms with Crippen LogP contribution >= 0.6 is 0 Å². The van der Waals surface area contributed by atoms with Crippen LogP contribution in [0.1, 0.15) is 11.1 Å². The van der Waals surface area contributed by atoms with Gasteiger partial charge in [-0.25, -0.2) is 0 Å². The Morgan fingerprint density at radius 3 is 2.38 bits per heavy atom. The molecule has 0 spiro atoms. The average Bonchev–Trinajstić information content (AvgIpc) is 3.17. The van der Waals surface area contributed by atoms with Gasteiger partial charge in [0, 0.05) is 29.7 Å². The van der Waals surface area contributed by atoms with Gasteiger partial charge in [-0.15, -0.1) is 0 Å². The summed E-state index contributed by atoms with van der Waals surface area (Å²) in [5.41, 5.74) is 4.48. The molecule has 4 rings (SSSR count). The van der Waals surface area contributed by atoms with E-state index < -0.39 is 0 Å². The van der Waals surface area contributed by atoms with Gasteiger partial charge in [-0.1, -0.05) is 48.5 Å². The predicted octanol–water partition coefficient (Wildman–Crippen LogP) is 4.57. The first kappa shape index (κ1) is 16.1. The summed E-state index contributed by atoms with van der Waals surface area (Å²) >= 11 is 0. The number of hydrogen-bond acceptors (Lipinski definition) is 3. The first-order valence-electron chi connectivity index (χ1n) is 8.55. The van der Waals surface area contributed by atoms with E-state index in [2.05, 4.69) is 34.3 Å². The summed E-state index contributed by atoms with van der Waals surface area (Å²) in [6.45, 7) is 1.30. The fraction of sp³-hybridized carbons (Fsp3) is 0.0909. The van der Waals surface area contributed by atoms with Crippen molar-refractivity contribution in [2.24, 2.45) is 0 Å². The highest BCUT2D eigenvalue weighted by Gasteiger charge is 2.03. The lowest BCUT2D eigenvalue weighted by Crippen LogP contribution is -2.00. The molecule has 4 aromatic rings. The third-order valence-electron chi connectivity index (χ3n) is 4.14. The van der Waals surface area contributed by atoms with Gasteiger partial charge >= 0.3 is 0 Å². The van der Waals surface area contributed by atoms with Gasteiger partial charge in [-0.2, -0.15) is 5.10 Å². The molecule has 0 fully saturated rings. The Balaban J connectivity index is 1.38. The lowest BCUT2D eigenvalue weighted by molar-refractivity contribution is 0.306. The fourth-order valence-corrected chi connectivity index (χ4v) is 2.75. The zero-order chi connectivity index (χ0) is 17.6. The van der Waals surface area contributed by atoms with Crippen molar-refractivity contribution in [2.75, 3.05) is 0 Å². The quantitative estimate of drug-likeness (QED) is 0.516. The van der Waals surface area contributed by atoms with E-state index >= 15 is 0 Å². The van der Waals surface area contributed by atoms with Crippen molar-refractivity contribution >= 4 is 0 Å². The highest BCUT2D eigenvalue weighted by molar-refractivity contribution is 5.60. The summed E-state index contributed by atoms with van der Waals surface area (Å²) in [5, 5.41) is 4.44. The van der Waals surface area contributed by atoms with Crippen LogP contribution in [0.25, 0.3) is 11.1 Å². The maximum Gasteiger partial charge on any atom is 0.119 e. The minimum Gasteiger partial charge on any atom is -0.489 e. The molecule has 0 atom stereocenters. The van der Waals surface area contributed by atoms with Crippen LogP contribution in [-0.4, -0.2) is 14.8 Å². The molecular formula is C22H19N3O. The van der Waals surface area contributed by atoms with E-state index in [0.29, 0.717) is 6.61 Å². The lowest BCUT2D eigenvalue weighted by Gasteiger charge is -2.07. The monoisotopic (exact) mass is 341 g/mol. The third kappa shape index (κ3) is 3.98. The summed E-state index contributed by atoms with van der Waals surface area (Å²) in [7, 11) is 0. The topological polar surface area (TPSA) is 39.9 Å². The molecule has 0 aliphatic heterocycles. The van der Waals surface area contributed by atoms with Gasteiger partial charge in [0.2, 0.25) is 0 Å². The first-order chi connectivity index (χ1) is 12.9. The molecule has 4 heteroatoms. The molecule has 0 amide bonds.